The molecule has 0 bridgehead atoms. The summed E-state index contributed by atoms with van der Waals surface area (Å²) < 4.78 is 105. The van der Waals surface area contributed by atoms with Gasteiger partial charge in [-0.15, -0.1) is 0 Å². The summed E-state index contributed by atoms with van der Waals surface area (Å²) in [5.41, 5.74) is -2.40. The summed E-state index contributed by atoms with van der Waals surface area (Å²) in [6, 6.07) is 3.96. The van der Waals surface area contributed by atoms with Gasteiger partial charge in [0.15, 0.2) is 0 Å². The van der Waals surface area contributed by atoms with Crippen LogP contribution in [-0.2, 0) is 22.9 Å². The highest BCUT2D eigenvalue weighted by atomic mass is 32.2. The average Bonchev–Trinajstić information content (AvgIpc) is 3.14. The summed E-state index contributed by atoms with van der Waals surface area (Å²) in [7, 11) is -4.50. The lowest BCUT2D eigenvalue weighted by atomic mass is 10.1. The number of halogens is 6. The first-order valence-corrected chi connectivity index (χ1v) is 9.29. The fourth-order valence-corrected chi connectivity index (χ4v) is 3.55. The number of nitrogens with zero attached hydrogens (tertiary/aromatic N) is 1. The molecule has 0 aliphatic carbocycles. The van der Waals surface area contributed by atoms with Crippen molar-refractivity contribution in [1.29, 1.82) is 0 Å². The second-order valence-corrected chi connectivity index (χ2v) is 7.49. The Balaban J connectivity index is 1.94. The zero-order chi connectivity index (χ0) is 21.4. The number of nitrogens with one attached hydrogen (secondary N) is 2. The first-order valence-electron chi connectivity index (χ1n) is 7.80. The number of anilines is 1. The molecular formula is C17H11F6N3O2S. The highest BCUT2D eigenvalue weighted by Gasteiger charge is 2.35. The Hall–Kier alpha value is -3.02. The number of sulfonamides is 1. The lowest BCUT2D eigenvalue weighted by Gasteiger charge is -2.12. The van der Waals surface area contributed by atoms with Gasteiger partial charge in [-0.25, -0.2) is 21.6 Å². The smallest absolute Gasteiger partial charge is 0.359 e. The number of alkyl halides is 4. The van der Waals surface area contributed by atoms with Crippen LogP contribution in [0.15, 0.2) is 47.6 Å². The first-order chi connectivity index (χ1) is 13.5. The fourth-order valence-electron chi connectivity index (χ4n) is 2.50. The van der Waals surface area contributed by atoms with Gasteiger partial charge in [0, 0.05) is 24.0 Å². The van der Waals surface area contributed by atoms with Gasteiger partial charge < -0.3 is 4.98 Å². The molecule has 0 atom stereocenters. The van der Waals surface area contributed by atoms with Crippen LogP contribution in [0.1, 0.15) is 11.1 Å². The van der Waals surface area contributed by atoms with Crippen LogP contribution in [0.3, 0.4) is 0 Å². The molecule has 0 saturated heterocycles. The lowest BCUT2D eigenvalue weighted by Crippen LogP contribution is -2.15. The van der Waals surface area contributed by atoms with E-state index in [4.69, 9.17) is 0 Å². The molecule has 154 valence electrons. The quantitative estimate of drug-likeness (QED) is 0.574. The van der Waals surface area contributed by atoms with E-state index in [1.807, 2.05) is 0 Å². The molecule has 2 heterocycles. The molecule has 0 radical (unpaired) electrons. The first kappa shape index (κ1) is 20.7. The molecule has 3 rings (SSSR count). The highest BCUT2D eigenvalue weighted by Crippen LogP contribution is 2.34. The van der Waals surface area contributed by atoms with Gasteiger partial charge in [0.25, 0.3) is 10.0 Å². The number of rotatable bonds is 5. The number of H-pyrrole nitrogens is 1. The molecule has 1 aromatic carbocycles. The minimum Gasteiger partial charge on any atom is -0.359 e. The highest BCUT2D eigenvalue weighted by molar-refractivity contribution is 7.92. The molecule has 0 aliphatic heterocycles. The van der Waals surface area contributed by atoms with Gasteiger partial charge in [-0.2, -0.15) is 13.2 Å². The van der Waals surface area contributed by atoms with Crippen molar-refractivity contribution >= 4 is 15.7 Å². The zero-order valence-electron chi connectivity index (χ0n) is 14.2. The van der Waals surface area contributed by atoms with Crippen molar-refractivity contribution in [2.45, 2.75) is 17.7 Å². The van der Waals surface area contributed by atoms with Crippen molar-refractivity contribution in [2.24, 2.45) is 0 Å². The number of benzene rings is 1. The van der Waals surface area contributed by atoms with E-state index < -0.39 is 50.7 Å². The number of hydrogen-bond acceptors (Lipinski definition) is 3. The molecule has 0 spiro atoms. The maximum absolute atomic E-state index is 13.9. The number of aromatic nitrogens is 2. The summed E-state index contributed by atoms with van der Waals surface area (Å²) in [5.74, 6) is -3.45. The van der Waals surface area contributed by atoms with Crippen molar-refractivity contribution in [3.8, 4) is 11.4 Å². The van der Waals surface area contributed by atoms with E-state index in [0.717, 1.165) is 12.3 Å². The Kier molecular flexibility index (Phi) is 5.30. The average molecular weight is 435 g/mol. The second-order valence-electron chi connectivity index (χ2n) is 5.81. The maximum Gasteiger partial charge on any atom is 0.419 e. The van der Waals surface area contributed by atoms with Gasteiger partial charge in [-0.05, 0) is 18.2 Å². The van der Waals surface area contributed by atoms with Crippen LogP contribution in [-0.4, -0.2) is 18.4 Å². The van der Waals surface area contributed by atoms with Crippen LogP contribution in [0.4, 0.5) is 32.0 Å². The molecule has 0 amide bonds. The Morgan fingerprint density at radius 1 is 1.10 bits per heavy atom. The molecular weight excluding hydrogens is 424 g/mol. The topological polar surface area (TPSA) is 74.8 Å². The van der Waals surface area contributed by atoms with Gasteiger partial charge in [-0.3, -0.25) is 9.71 Å². The molecule has 2 N–H and O–H groups in total. The third-order valence-corrected chi connectivity index (χ3v) is 5.21. The van der Waals surface area contributed by atoms with Gasteiger partial charge in [0.05, 0.1) is 22.6 Å². The van der Waals surface area contributed by atoms with Crippen LogP contribution in [0, 0.1) is 11.6 Å². The summed E-state index contributed by atoms with van der Waals surface area (Å²) in [5, 5.41) is 0. The Morgan fingerprint density at radius 2 is 1.83 bits per heavy atom. The maximum atomic E-state index is 13.9. The second kappa shape index (κ2) is 7.43. The monoisotopic (exact) mass is 435 g/mol. The predicted molar refractivity (Wildman–Crippen MR) is 91.0 cm³/mol. The third kappa shape index (κ3) is 4.21. The number of hydrogen-bond donors (Lipinski definition) is 2. The van der Waals surface area contributed by atoms with Crippen molar-refractivity contribution in [3.05, 3.63) is 65.5 Å². The van der Waals surface area contributed by atoms with Gasteiger partial charge in [0.2, 0.25) is 0 Å². The lowest BCUT2D eigenvalue weighted by molar-refractivity contribution is -0.140. The molecule has 29 heavy (non-hydrogen) atoms. The molecule has 0 unspecified atom stereocenters. The Bertz CT molecular complexity index is 1160. The van der Waals surface area contributed by atoms with Crippen LogP contribution in [0.2, 0.25) is 0 Å². The Labute approximate surface area is 160 Å². The molecule has 2 aromatic heterocycles. The van der Waals surface area contributed by atoms with Crippen molar-refractivity contribution in [2.75, 3.05) is 4.72 Å². The van der Waals surface area contributed by atoms with Crippen LogP contribution < -0.4 is 4.72 Å². The van der Waals surface area contributed by atoms with E-state index in [2.05, 4.69) is 9.97 Å². The molecule has 3 aromatic rings. The number of aromatic amines is 1. The molecule has 12 heteroatoms. The third-order valence-electron chi connectivity index (χ3n) is 3.86. The van der Waals surface area contributed by atoms with Crippen molar-refractivity contribution in [3.63, 3.8) is 0 Å². The predicted octanol–water partition coefficient (Wildman–Crippen LogP) is 4.64. The molecule has 0 aliphatic rings. The van der Waals surface area contributed by atoms with E-state index in [-0.39, 0.29) is 29.1 Å². The molecule has 0 saturated carbocycles. The van der Waals surface area contributed by atoms with E-state index in [9.17, 15) is 34.8 Å². The van der Waals surface area contributed by atoms with E-state index in [0.29, 0.717) is 0 Å². The van der Waals surface area contributed by atoms with Crippen LogP contribution in [0.25, 0.3) is 11.4 Å². The van der Waals surface area contributed by atoms with Crippen LogP contribution in [0.5, 0.6) is 0 Å². The molecule has 0 fully saturated rings. The van der Waals surface area contributed by atoms with Gasteiger partial charge >= 0.3 is 6.18 Å². The zero-order valence-corrected chi connectivity index (χ0v) is 15.0. The van der Waals surface area contributed by atoms with E-state index in [1.165, 1.54) is 18.3 Å². The summed E-state index contributed by atoms with van der Waals surface area (Å²) in [4.78, 5) is 6.09. The normalized spacial score (nSPS) is 12.2. The van der Waals surface area contributed by atoms with E-state index >= 15 is 0 Å². The number of pyridine rings is 1. The standard InChI is InChI=1S/C17H11F6N3O2S/c18-7-9-2-1-3-24-16(9)15-4-10(8-25-15)29(27,28)26-14-6-12(19)11(5-13(14)20)17(21,22)23/h1-6,8,25-26H,7H2. The summed E-state index contributed by atoms with van der Waals surface area (Å²) in [6.45, 7) is -0.863. The Morgan fingerprint density at radius 3 is 2.48 bits per heavy atom. The van der Waals surface area contributed by atoms with E-state index in [1.54, 1.807) is 4.72 Å². The minimum absolute atomic E-state index is 0.100. The SMILES string of the molecule is O=S(=O)(Nc1cc(F)c(C(F)(F)F)cc1F)c1c[nH]c(-c2ncccc2CF)c1. The van der Waals surface area contributed by atoms with Crippen molar-refractivity contribution in [1.82, 2.24) is 9.97 Å². The molecule has 5 nitrogen and oxygen atoms in total. The van der Waals surface area contributed by atoms with Gasteiger partial charge in [-0.1, -0.05) is 6.07 Å². The summed E-state index contributed by atoms with van der Waals surface area (Å²) >= 11 is 0. The largest absolute Gasteiger partial charge is 0.419 e. The van der Waals surface area contributed by atoms with Gasteiger partial charge in [0.1, 0.15) is 23.2 Å². The fraction of sp³-hybridized carbons (Fsp3) is 0.118. The van der Waals surface area contributed by atoms with Crippen LogP contribution >= 0.6 is 0 Å². The summed E-state index contributed by atoms with van der Waals surface area (Å²) in [6.07, 6.45) is -2.79. The minimum atomic E-state index is -5.14. The van der Waals surface area contributed by atoms with Crippen molar-refractivity contribution < 1.29 is 34.8 Å².